The molecule has 0 unspecified atom stereocenters. The third-order valence-electron chi connectivity index (χ3n) is 1.96. The first kappa shape index (κ1) is 11.1. The number of hydrogen-bond donors (Lipinski definition) is 0. The van der Waals surface area contributed by atoms with Crippen molar-refractivity contribution in [1.82, 2.24) is 10.1 Å². The molecule has 0 amide bonds. The van der Waals surface area contributed by atoms with Crippen LogP contribution in [0, 0.1) is 0 Å². The minimum Gasteiger partial charge on any atom is -0.494 e. The molecule has 0 spiro atoms. The molecule has 0 bridgehead atoms. The van der Waals surface area contributed by atoms with E-state index in [-0.39, 0.29) is 0 Å². The second-order valence-corrected chi connectivity index (χ2v) is 3.95. The molecule has 0 N–H and O–H groups in total. The van der Waals surface area contributed by atoms with Gasteiger partial charge in [0, 0.05) is 5.56 Å². The van der Waals surface area contributed by atoms with Gasteiger partial charge < -0.3 is 9.26 Å². The van der Waals surface area contributed by atoms with Crippen LogP contribution in [-0.2, 0) is 0 Å². The summed E-state index contributed by atoms with van der Waals surface area (Å²) in [5.41, 5.74) is 0.854. The van der Waals surface area contributed by atoms with Crippen LogP contribution in [0.2, 0.25) is 0 Å². The fourth-order valence-corrected chi connectivity index (χ4v) is 1.50. The Balaban J connectivity index is 2.22. The van der Waals surface area contributed by atoms with Crippen LogP contribution in [0.5, 0.6) is 5.75 Å². The Bertz CT molecular complexity index is 471. The van der Waals surface area contributed by atoms with Crippen molar-refractivity contribution >= 4 is 15.9 Å². The minimum absolute atomic E-state index is 0.447. The Morgan fingerprint density at radius 3 is 3.00 bits per heavy atom. The Morgan fingerprint density at radius 1 is 1.44 bits per heavy atom. The topological polar surface area (TPSA) is 48.2 Å². The highest BCUT2D eigenvalue weighted by atomic mass is 79.9. The van der Waals surface area contributed by atoms with E-state index >= 15 is 0 Å². The molecule has 2 rings (SSSR count). The fraction of sp³-hybridized carbons (Fsp3) is 0.273. The molecule has 0 radical (unpaired) electrons. The molecule has 1 aromatic heterocycles. The summed E-state index contributed by atoms with van der Waals surface area (Å²) in [7, 11) is 0. The minimum atomic E-state index is 0.447. The lowest BCUT2D eigenvalue weighted by Crippen LogP contribution is -1.94. The summed E-state index contributed by atoms with van der Waals surface area (Å²) >= 11 is 3.14. The molecule has 0 saturated carbocycles. The Hall–Kier alpha value is -1.36. The highest BCUT2D eigenvalue weighted by Gasteiger charge is 2.07. The van der Waals surface area contributed by atoms with Gasteiger partial charge in [-0.3, -0.25) is 0 Å². The van der Waals surface area contributed by atoms with Crippen molar-refractivity contribution < 1.29 is 9.26 Å². The molecular formula is C11H11BrN2O2. The smallest absolute Gasteiger partial charge is 0.258 e. The molecule has 0 saturated heterocycles. The van der Waals surface area contributed by atoms with E-state index in [4.69, 9.17) is 9.26 Å². The highest BCUT2D eigenvalue weighted by molar-refractivity contribution is 9.10. The normalized spacial score (nSPS) is 10.4. The van der Waals surface area contributed by atoms with E-state index < -0.39 is 0 Å². The fourth-order valence-electron chi connectivity index (χ4n) is 1.26. The summed E-state index contributed by atoms with van der Waals surface area (Å²) < 4.78 is 11.0. The van der Waals surface area contributed by atoms with Crippen LogP contribution < -0.4 is 4.74 Å². The monoisotopic (exact) mass is 282 g/mol. The van der Waals surface area contributed by atoms with E-state index in [1.807, 2.05) is 24.3 Å². The molecule has 1 heterocycles. The zero-order chi connectivity index (χ0) is 11.4. The molecule has 0 atom stereocenters. The maximum atomic E-state index is 5.52. The maximum absolute atomic E-state index is 5.52. The lowest BCUT2D eigenvalue weighted by molar-refractivity contribution is 0.317. The molecule has 84 valence electrons. The molecule has 16 heavy (non-hydrogen) atoms. The van der Waals surface area contributed by atoms with Gasteiger partial charge in [0.05, 0.1) is 6.61 Å². The molecule has 5 heteroatoms. The van der Waals surface area contributed by atoms with Crippen molar-refractivity contribution in [2.45, 2.75) is 13.3 Å². The third kappa shape index (κ3) is 2.61. The molecular weight excluding hydrogens is 272 g/mol. The van der Waals surface area contributed by atoms with Crippen molar-refractivity contribution in [2.24, 2.45) is 0 Å². The van der Waals surface area contributed by atoms with Crippen LogP contribution in [0.1, 0.15) is 13.3 Å². The first-order valence-corrected chi connectivity index (χ1v) is 5.81. The average molecular weight is 283 g/mol. The van der Waals surface area contributed by atoms with E-state index in [0.717, 1.165) is 17.7 Å². The van der Waals surface area contributed by atoms with Crippen molar-refractivity contribution in [1.29, 1.82) is 0 Å². The molecule has 0 aliphatic heterocycles. The summed E-state index contributed by atoms with van der Waals surface area (Å²) in [5.74, 6) is 1.29. The third-order valence-corrected chi connectivity index (χ3v) is 2.28. The largest absolute Gasteiger partial charge is 0.494 e. The SMILES string of the molecule is CCCOc1cccc(-c2nc(Br)no2)c1. The van der Waals surface area contributed by atoms with Crippen molar-refractivity contribution in [3.8, 4) is 17.2 Å². The number of rotatable bonds is 4. The predicted molar refractivity (Wildman–Crippen MR) is 63.2 cm³/mol. The van der Waals surface area contributed by atoms with Gasteiger partial charge >= 0.3 is 0 Å². The molecule has 2 aromatic rings. The van der Waals surface area contributed by atoms with Crippen molar-refractivity contribution in [2.75, 3.05) is 6.61 Å². The van der Waals surface area contributed by atoms with E-state index in [1.54, 1.807) is 0 Å². The zero-order valence-corrected chi connectivity index (χ0v) is 10.4. The van der Waals surface area contributed by atoms with Gasteiger partial charge in [-0.1, -0.05) is 13.0 Å². The summed E-state index contributed by atoms with van der Waals surface area (Å²) in [6, 6.07) is 7.59. The Kier molecular flexibility index (Phi) is 3.56. The highest BCUT2D eigenvalue weighted by Crippen LogP contribution is 2.23. The van der Waals surface area contributed by atoms with Gasteiger partial charge in [0.15, 0.2) is 0 Å². The number of ether oxygens (including phenoxy) is 1. The van der Waals surface area contributed by atoms with E-state index in [0.29, 0.717) is 17.2 Å². The van der Waals surface area contributed by atoms with Crippen LogP contribution >= 0.6 is 15.9 Å². The number of hydrogen-bond acceptors (Lipinski definition) is 4. The van der Waals surface area contributed by atoms with Crippen LogP contribution in [0.25, 0.3) is 11.5 Å². The quantitative estimate of drug-likeness (QED) is 0.863. The molecule has 1 aromatic carbocycles. The summed E-state index contributed by atoms with van der Waals surface area (Å²) in [6.07, 6.45) is 0.982. The predicted octanol–water partition coefficient (Wildman–Crippen LogP) is 3.29. The molecule has 0 aliphatic rings. The molecule has 4 nitrogen and oxygen atoms in total. The number of aromatic nitrogens is 2. The zero-order valence-electron chi connectivity index (χ0n) is 8.81. The Morgan fingerprint density at radius 2 is 2.31 bits per heavy atom. The summed E-state index contributed by atoms with van der Waals surface area (Å²) in [6.45, 7) is 2.77. The van der Waals surface area contributed by atoms with Gasteiger partial charge in [-0.2, -0.15) is 4.98 Å². The summed E-state index contributed by atoms with van der Waals surface area (Å²) in [5, 5.41) is 3.67. The van der Waals surface area contributed by atoms with Gasteiger partial charge in [-0.25, -0.2) is 0 Å². The molecule has 0 aliphatic carbocycles. The van der Waals surface area contributed by atoms with Gasteiger partial charge in [0.25, 0.3) is 5.89 Å². The standard InChI is InChI=1S/C11H11BrN2O2/c1-2-6-15-9-5-3-4-8(7-9)10-13-11(12)14-16-10/h3-5,7H,2,6H2,1H3. The number of nitrogens with zero attached hydrogens (tertiary/aromatic N) is 2. The average Bonchev–Trinajstić information content (AvgIpc) is 2.74. The lowest BCUT2D eigenvalue weighted by Gasteiger charge is -2.04. The summed E-state index contributed by atoms with van der Waals surface area (Å²) in [4.78, 5) is 4.09. The second kappa shape index (κ2) is 5.12. The first-order chi connectivity index (χ1) is 7.79. The van der Waals surface area contributed by atoms with Gasteiger partial charge in [-0.05, 0) is 45.7 Å². The van der Waals surface area contributed by atoms with Crippen LogP contribution in [0.3, 0.4) is 0 Å². The number of halogens is 1. The first-order valence-electron chi connectivity index (χ1n) is 5.02. The van der Waals surface area contributed by atoms with E-state index in [9.17, 15) is 0 Å². The van der Waals surface area contributed by atoms with Gasteiger partial charge in [0.2, 0.25) is 4.73 Å². The lowest BCUT2D eigenvalue weighted by atomic mass is 10.2. The van der Waals surface area contributed by atoms with Crippen LogP contribution in [0.4, 0.5) is 0 Å². The van der Waals surface area contributed by atoms with Crippen molar-refractivity contribution in [3.05, 3.63) is 29.0 Å². The van der Waals surface area contributed by atoms with Gasteiger partial charge in [0.1, 0.15) is 5.75 Å². The van der Waals surface area contributed by atoms with Crippen LogP contribution in [0.15, 0.2) is 33.5 Å². The van der Waals surface area contributed by atoms with E-state index in [1.165, 1.54) is 0 Å². The van der Waals surface area contributed by atoms with Crippen molar-refractivity contribution in [3.63, 3.8) is 0 Å². The van der Waals surface area contributed by atoms with Gasteiger partial charge in [-0.15, -0.1) is 0 Å². The number of benzene rings is 1. The second-order valence-electron chi connectivity index (χ2n) is 3.24. The Labute approximate surface area is 102 Å². The maximum Gasteiger partial charge on any atom is 0.258 e. The molecule has 0 fully saturated rings. The van der Waals surface area contributed by atoms with E-state index in [2.05, 4.69) is 33.0 Å². The van der Waals surface area contributed by atoms with Crippen LogP contribution in [-0.4, -0.2) is 16.7 Å².